The summed E-state index contributed by atoms with van der Waals surface area (Å²) in [6.07, 6.45) is 0. The molecule has 3 aromatic heterocycles. The van der Waals surface area contributed by atoms with E-state index < -0.39 is 0 Å². The molecular formula is C45H23N5O. The highest BCUT2D eigenvalue weighted by molar-refractivity contribution is 6.21. The van der Waals surface area contributed by atoms with Gasteiger partial charge in [0.15, 0.2) is 5.58 Å². The predicted octanol–water partition coefficient (Wildman–Crippen LogP) is 11.1. The number of benzene rings is 7. The number of hydrogen-bond acceptors (Lipinski definition) is 4. The molecule has 7 aromatic carbocycles. The Morgan fingerprint density at radius 2 is 1.02 bits per heavy atom. The van der Waals surface area contributed by atoms with Crippen LogP contribution in [0.2, 0.25) is 0 Å². The van der Waals surface area contributed by atoms with Crippen molar-refractivity contribution in [3.8, 4) is 40.7 Å². The maximum absolute atomic E-state index is 10.6. The Bertz CT molecular complexity index is 3170. The number of fused-ring (bicyclic) bond motifs is 10. The van der Waals surface area contributed by atoms with Gasteiger partial charge in [-0.1, -0.05) is 91.0 Å². The molecule has 0 radical (unpaired) electrons. The molecule has 0 amide bonds. The van der Waals surface area contributed by atoms with Crippen LogP contribution < -0.4 is 0 Å². The summed E-state index contributed by atoms with van der Waals surface area (Å²) in [4.78, 5) is 0. The number of hydrogen-bond donors (Lipinski definition) is 0. The minimum atomic E-state index is 0.169. The topological polar surface area (TPSA) is 94.4 Å². The molecule has 0 atom stereocenters. The number of para-hydroxylation sites is 4. The van der Waals surface area contributed by atoms with Crippen LogP contribution in [0.5, 0.6) is 0 Å². The molecule has 6 nitrogen and oxygen atoms in total. The third-order valence-electron chi connectivity index (χ3n) is 10.1. The second-order valence-corrected chi connectivity index (χ2v) is 12.6. The molecule has 0 aliphatic heterocycles. The normalized spacial score (nSPS) is 11.5. The van der Waals surface area contributed by atoms with Crippen LogP contribution in [-0.4, -0.2) is 9.13 Å². The standard InChI is InChI=1S/C45H23N5O/c46-24-28-23-41(50-39-14-6-1-9-30(39)31-10-2-7-15-40(31)50)36(25-47)37(26-48)43(28)27-17-19-29(20-18-27)49-38-13-5-3-11-32(38)34-21-22-35-33-12-4-8-16-42(33)51-45(35)44(34)49/h1-23H. The summed E-state index contributed by atoms with van der Waals surface area (Å²) in [5.74, 6) is 0. The molecule has 0 saturated heterocycles. The van der Waals surface area contributed by atoms with E-state index in [0.717, 1.165) is 71.2 Å². The van der Waals surface area contributed by atoms with Crippen LogP contribution >= 0.6 is 0 Å². The lowest BCUT2D eigenvalue weighted by atomic mass is 9.90. The van der Waals surface area contributed by atoms with Crippen LogP contribution in [0.1, 0.15) is 16.7 Å². The van der Waals surface area contributed by atoms with Gasteiger partial charge in [0.1, 0.15) is 17.7 Å². The predicted molar refractivity (Wildman–Crippen MR) is 202 cm³/mol. The van der Waals surface area contributed by atoms with Gasteiger partial charge < -0.3 is 13.6 Å². The zero-order valence-electron chi connectivity index (χ0n) is 26.9. The number of nitriles is 3. The SMILES string of the molecule is N#Cc1cc(-n2c3ccccc3c3ccccc32)c(C#N)c(C#N)c1-c1ccc(-n2c3ccccc3c3ccc4c5ccccc5oc4c32)cc1. The first-order valence-electron chi connectivity index (χ1n) is 16.5. The fourth-order valence-corrected chi connectivity index (χ4v) is 7.92. The Morgan fingerprint density at radius 1 is 0.471 bits per heavy atom. The van der Waals surface area contributed by atoms with Gasteiger partial charge in [-0.15, -0.1) is 0 Å². The molecule has 0 N–H and O–H groups in total. The molecule has 0 aliphatic carbocycles. The number of aromatic nitrogens is 2. The Labute approximate surface area is 291 Å². The summed E-state index contributed by atoms with van der Waals surface area (Å²) in [6.45, 7) is 0. The summed E-state index contributed by atoms with van der Waals surface area (Å²) in [5, 5.41) is 38.1. The van der Waals surface area contributed by atoms with Crippen LogP contribution in [0, 0.1) is 34.0 Å². The van der Waals surface area contributed by atoms with Crippen molar-refractivity contribution in [2.75, 3.05) is 0 Å². The van der Waals surface area contributed by atoms with Gasteiger partial charge in [-0.05, 0) is 54.1 Å². The van der Waals surface area contributed by atoms with Gasteiger partial charge in [-0.2, -0.15) is 15.8 Å². The molecule has 0 unspecified atom stereocenters. The largest absolute Gasteiger partial charge is 0.454 e. The quantitative estimate of drug-likeness (QED) is 0.190. The van der Waals surface area contributed by atoms with Gasteiger partial charge in [0.2, 0.25) is 0 Å². The molecule has 10 rings (SSSR count). The molecule has 0 bridgehead atoms. The Hall–Kier alpha value is -7.59. The molecule has 51 heavy (non-hydrogen) atoms. The first-order chi connectivity index (χ1) is 25.2. The average molecular weight is 650 g/mol. The van der Waals surface area contributed by atoms with E-state index in [1.165, 1.54) is 0 Å². The number of rotatable bonds is 3. The third-order valence-corrected chi connectivity index (χ3v) is 10.1. The smallest absolute Gasteiger partial charge is 0.160 e. The lowest BCUT2D eigenvalue weighted by Crippen LogP contribution is -2.04. The third kappa shape index (κ3) is 3.89. The molecule has 10 aromatic rings. The van der Waals surface area contributed by atoms with E-state index in [1.807, 2.05) is 108 Å². The van der Waals surface area contributed by atoms with E-state index >= 15 is 0 Å². The minimum Gasteiger partial charge on any atom is -0.454 e. The molecule has 6 heteroatoms. The monoisotopic (exact) mass is 649 g/mol. The van der Waals surface area contributed by atoms with Crippen LogP contribution in [0.4, 0.5) is 0 Å². The molecule has 234 valence electrons. The molecule has 0 fully saturated rings. The van der Waals surface area contributed by atoms with Crippen LogP contribution in [-0.2, 0) is 0 Å². The van der Waals surface area contributed by atoms with Crippen molar-refractivity contribution in [1.82, 2.24) is 9.13 Å². The van der Waals surface area contributed by atoms with Crippen molar-refractivity contribution in [3.05, 3.63) is 156 Å². The Morgan fingerprint density at radius 3 is 1.65 bits per heavy atom. The van der Waals surface area contributed by atoms with E-state index in [0.29, 0.717) is 22.4 Å². The van der Waals surface area contributed by atoms with Gasteiger partial charge in [-0.3, -0.25) is 0 Å². The zero-order chi connectivity index (χ0) is 34.2. The number of nitrogens with zero attached hydrogens (tertiary/aromatic N) is 5. The first-order valence-corrected chi connectivity index (χ1v) is 16.5. The summed E-state index contributed by atoms with van der Waals surface area (Å²) in [7, 11) is 0. The van der Waals surface area contributed by atoms with Gasteiger partial charge >= 0.3 is 0 Å². The zero-order valence-corrected chi connectivity index (χ0v) is 26.9. The second-order valence-electron chi connectivity index (χ2n) is 12.6. The maximum Gasteiger partial charge on any atom is 0.160 e. The summed E-state index contributed by atoms with van der Waals surface area (Å²) in [5.41, 5.74) is 8.65. The summed E-state index contributed by atoms with van der Waals surface area (Å²) < 4.78 is 10.7. The lowest BCUT2D eigenvalue weighted by Gasteiger charge is -2.16. The molecule has 0 saturated carbocycles. The van der Waals surface area contributed by atoms with Gasteiger partial charge in [-0.25, -0.2) is 0 Å². The van der Waals surface area contributed by atoms with E-state index in [9.17, 15) is 15.8 Å². The highest BCUT2D eigenvalue weighted by Crippen LogP contribution is 2.42. The van der Waals surface area contributed by atoms with Gasteiger partial charge in [0, 0.05) is 43.6 Å². The molecule has 0 aliphatic rings. The van der Waals surface area contributed by atoms with E-state index in [1.54, 1.807) is 6.07 Å². The van der Waals surface area contributed by atoms with Gasteiger partial charge in [0.05, 0.1) is 50.5 Å². The van der Waals surface area contributed by atoms with Crippen molar-refractivity contribution < 1.29 is 4.42 Å². The van der Waals surface area contributed by atoms with Crippen molar-refractivity contribution >= 4 is 65.6 Å². The van der Waals surface area contributed by atoms with E-state index in [-0.39, 0.29) is 11.1 Å². The van der Waals surface area contributed by atoms with Crippen molar-refractivity contribution in [1.29, 1.82) is 15.8 Å². The number of furan rings is 1. The second kappa shape index (κ2) is 10.7. The Kier molecular flexibility index (Phi) is 5.97. The lowest BCUT2D eigenvalue weighted by molar-refractivity contribution is 0.671. The van der Waals surface area contributed by atoms with Crippen molar-refractivity contribution in [2.24, 2.45) is 0 Å². The van der Waals surface area contributed by atoms with Gasteiger partial charge in [0.25, 0.3) is 0 Å². The highest BCUT2D eigenvalue weighted by Gasteiger charge is 2.24. The summed E-state index contributed by atoms with van der Waals surface area (Å²) in [6, 6.07) is 53.2. The molecule has 0 spiro atoms. The van der Waals surface area contributed by atoms with Crippen LogP contribution in [0.3, 0.4) is 0 Å². The van der Waals surface area contributed by atoms with E-state index in [2.05, 4.69) is 53.1 Å². The van der Waals surface area contributed by atoms with Crippen LogP contribution in [0.15, 0.2) is 144 Å². The minimum absolute atomic E-state index is 0.169. The van der Waals surface area contributed by atoms with Crippen molar-refractivity contribution in [2.45, 2.75) is 0 Å². The summed E-state index contributed by atoms with van der Waals surface area (Å²) >= 11 is 0. The first kappa shape index (κ1) is 28.4. The molecular weight excluding hydrogens is 627 g/mol. The fraction of sp³-hybridized carbons (Fsp3) is 0. The van der Waals surface area contributed by atoms with Crippen molar-refractivity contribution in [3.63, 3.8) is 0 Å². The average Bonchev–Trinajstić information content (AvgIpc) is 3.85. The maximum atomic E-state index is 10.6. The Balaban J connectivity index is 1.20. The highest BCUT2D eigenvalue weighted by atomic mass is 16.3. The van der Waals surface area contributed by atoms with Crippen LogP contribution in [0.25, 0.3) is 88.1 Å². The fourth-order valence-electron chi connectivity index (χ4n) is 7.92. The molecule has 3 heterocycles. The van der Waals surface area contributed by atoms with E-state index in [4.69, 9.17) is 4.42 Å².